The molecule has 2 heterocycles. The molecule has 3 atom stereocenters. The van der Waals surface area contributed by atoms with Crippen LogP contribution in [0.1, 0.15) is 44.7 Å². The Morgan fingerprint density at radius 2 is 1.56 bits per heavy atom. The van der Waals surface area contributed by atoms with Crippen molar-refractivity contribution in [2.75, 3.05) is 19.5 Å². The van der Waals surface area contributed by atoms with Gasteiger partial charge in [0.2, 0.25) is 21.8 Å². The summed E-state index contributed by atoms with van der Waals surface area (Å²) in [6, 6.07) is 10.4. The van der Waals surface area contributed by atoms with E-state index < -0.39 is 57.8 Å². The summed E-state index contributed by atoms with van der Waals surface area (Å²) in [5, 5.41) is 5.41. The number of fused-ring (bicyclic) bond motifs is 4. The standard InChI is InChI=1S/C30H39N3O9S/c1-30(2,3)42-29(36)25-17-20-9-6-11-22(15-20)41-21-10-5-8-19(14-21)16-24(33-43(4,37)38)28(35)31-23(27(34)32-25)18-26-39-12-7-13-40-26/h5-6,8-11,14-15,23-26,33H,7,12-13,16-18H2,1-4H3,(H,31,35)(H,32,34)/t23-,24-,25?/m0/s1. The molecule has 43 heavy (non-hydrogen) atoms. The number of benzene rings is 2. The van der Waals surface area contributed by atoms with E-state index in [0.717, 1.165) is 6.26 Å². The van der Waals surface area contributed by atoms with E-state index in [1.807, 2.05) is 0 Å². The van der Waals surface area contributed by atoms with Crippen molar-refractivity contribution >= 4 is 27.8 Å². The predicted octanol–water partition coefficient (Wildman–Crippen LogP) is 1.96. The maximum absolute atomic E-state index is 13.8. The first-order valence-corrected chi connectivity index (χ1v) is 16.0. The monoisotopic (exact) mass is 617 g/mol. The maximum Gasteiger partial charge on any atom is 0.329 e. The minimum absolute atomic E-state index is 0.0263. The summed E-state index contributed by atoms with van der Waals surface area (Å²) < 4.78 is 49.8. The Morgan fingerprint density at radius 1 is 0.953 bits per heavy atom. The van der Waals surface area contributed by atoms with Crippen molar-refractivity contribution in [2.24, 2.45) is 0 Å². The molecule has 1 unspecified atom stereocenters. The predicted molar refractivity (Wildman–Crippen MR) is 157 cm³/mol. The minimum atomic E-state index is -3.82. The number of amides is 2. The van der Waals surface area contributed by atoms with Gasteiger partial charge in [0, 0.05) is 12.8 Å². The van der Waals surface area contributed by atoms with E-state index in [2.05, 4.69) is 15.4 Å². The number of rotatable bonds is 5. The van der Waals surface area contributed by atoms with E-state index in [1.165, 1.54) is 0 Å². The molecule has 1 saturated heterocycles. The SMILES string of the molecule is CC(C)(C)OC(=O)C1Cc2cccc(c2)Oc2cccc(c2)C[C@H](NS(C)(=O)=O)C(=O)N[C@@H](CC2OCCCO2)C(=O)N1. The zero-order valence-corrected chi connectivity index (χ0v) is 25.6. The van der Waals surface area contributed by atoms with Gasteiger partial charge in [-0.25, -0.2) is 17.9 Å². The lowest BCUT2D eigenvalue weighted by atomic mass is 10.0. The van der Waals surface area contributed by atoms with Crippen molar-refractivity contribution in [1.29, 1.82) is 0 Å². The largest absolute Gasteiger partial charge is 0.458 e. The van der Waals surface area contributed by atoms with E-state index in [-0.39, 0.29) is 19.3 Å². The van der Waals surface area contributed by atoms with E-state index in [4.69, 9.17) is 18.9 Å². The van der Waals surface area contributed by atoms with Crippen LogP contribution in [0.25, 0.3) is 0 Å². The van der Waals surface area contributed by atoms with Crippen molar-refractivity contribution in [3.05, 3.63) is 59.7 Å². The van der Waals surface area contributed by atoms with Crippen LogP contribution in [-0.2, 0) is 51.5 Å². The van der Waals surface area contributed by atoms with Gasteiger partial charge in [0.1, 0.15) is 35.2 Å². The molecule has 3 N–H and O–H groups in total. The van der Waals surface area contributed by atoms with Gasteiger partial charge in [-0.15, -0.1) is 0 Å². The van der Waals surface area contributed by atoms with Gasteiger partial charge in [0.15, 0.2) is 6.29 Å². The number of hydrogen-bond donors (Lipinski definition) is 3. The molecule has 2 amide bonds. The summed E-state index contributed by atoms with van der Waals surface area (Å²) in [6.07, 6.45) is 0.827. The molecule has 0 saturated carbocycles. The van der Waals surface area contributed by atoms with Gasteiger partial charge < -0.3 is 29.6 Å². The molecule has 2 aliphatic rings. The van der Waals surface area contributed by atoms with Gasteiger partial charge in [0.25, 0.3) is 0 Å². The van der Waals surface area contributed by atoms with Crippen LogP contribution in [0.4, 0.5) is 0 Å². The molecule has 2 aromatic rings. The third-order valence-corrected chi connectivity index (χ3v) is 7.26. The Kier molecular flexibility index (Phi) is 10.4. The highest BCUT2D eigenvalue weighted by molar-refractivity contribution is 7.88. The summed E-state index contributed by atoms with van der Waals surface area (Å²) in [5.41, 5.74) is 0.505. The first-order chi connectivity index (χ1) is 20.2. The third-order valence-electron chi connectivity index (χ3n) is 6.55. The van der Waals surface area contributed by atoms with Gasteiger partial charge in [0.05, 0.1) is 19.5 Å². The molecular formula is C30H39N3O9S. The maximum atomic E-state index is 13.8. The lowest BCUT2D eigenvalue weighted by molar-refractivity contribution is -0.185. The average Bonchev–Trinajstić information content (AvgIpc) is 2.91. The number of sulfonamides is 1. The van der Waals surface area contributed by atoms with E-state index in [0.29, 0.717) is 42.3 Å². The normalized spacial score (nSPS) is 22.6. The molecule has 0 radical (unpaired) electrons. The second-order valence-corrected chi connectivity index (χ2v) is 13.4. The fraction of sp³-hybridized carbons (Fsp3) is 0.500. The van der Waals surface area contributed by atoms with Crippen LogP contribution < -0.4 is 20.1 Å². The van der Waals surface area contributed by atoms with E-state index >= 15 is 0 Å². The van der Waals surface area contributed by atoms with Crippen LogP contribution >= 0.6 is 0 Å². The number of esters is 1. The fourth-order valence-corrected chi connectivity index (χ4v) is 5.44. The van der Waals surface area contributed by atoms with Crippen LogP contribution in [0.3, 0.4) is 0 Å². The zero-order chi connectivity index (χ0) is 31.2. The summed E-state index contributed by atoms with van der Waals surface area (Å²) in [6.45, 7) is 6.00. The van der Waals surface area contributed by atoms with Gasteiger partial charge in [-0.2, -0.15) is 0 Å². The Balaban J connectivity index is 1.74. The molecule has 2 aromatic carbocycles. The van der Waals surface area contributed by atoms with Crippen LogP contribution in [0.15, 0.2) is 48.5 Å². The first-order valence-electron chi connectivity index (χ1n) is 14.1. The van der Waals surface area contributed by atoms with Gasteiger partial charge >= 0.3 is 5.97 Å². The highest BCUT2D eigenvalue weighted by Crippen LogP contribution is 2.25. The van der Waals surface area contributed by atoms with Gasteiger partial charge in [-0.05, 0) is 69.0 Å². The van der Waals surface area contributed by atoms with Crippen molar-refractivity contribution in [1.82, 2.24) is 15.4 Å². The lowest BCUT2D eigenvalue weighted by Gasteiger charge is -2.30. The molecular weight excluding hydrogens is 578 g/mol. The molecule has 13 heteroatoms. The number of nitrogens with one attached hydrogen (secondary N) is 3. The zero-order valence-electron chi connectivity index (χ0n) is 24.8. The fourth-order valence-electron chi connectivity index (χ4n) is 4.73. The topological polar surface area (TPSA) is 158 Å². The van der Waals surface area contributed by atoms with Gasteiger partial charge in [-0.1, -0.05) is 24.3 Å². The number of hydrogen-bond acceptors (Lipinski definition) is 9. The average molecular weight is 618 g/mol. The quantitative estimate of drug-likeness (QED) is 0.427. The smallest absolute Gasteiger partial charge is 0.329 e. The summed E-state index contributed by atoms with van der Waals surface area (Å²) in [5.74, 6) is -1.11. The highest BCUT2D eigenvalue weighted by Gasteiger charge is 2.34. The van der Waals surface area contributed by atoms with Crippen molar-refractivity contribution in [2.45, 2.75) is 76.5 Å². The number of carbonyl (C=O) groups is 3. The molecule has 4 rings (SSSR count). The van der Waals surface area contributed by atoms with Crippen molar-refractivity contribution < 1.29 is 41.7 Å². The Labute approximate surface area is 251 Å². The second-order valence-electron chi connectivity index (χ2n) is 11.7. The van der Waals surface area contributed by atoms with Crippen LogP contribution in [0.2, 0.25) is 0 Å². The number of ether oxygens (including phenoxy) is 4. The minimum Gasteiger partial charge on any atom is -0.458 e. The summed E-state index contributed by atoms with van der Waals surface area (Å²) in [4.78, 5) is 40.6. The molecule has 0 aliphatic carbocycles. The molecule has 234 valence electrons. The van der Waals surface area contributed by atoms with E-state index in [1.54, 1.807) is 69.3 Å². The van der Waals surface area contributed by atoms with Crippen LogP contribution in [0.5, 0.6) is 11.5 Å². The Hall–Kier alpha value is -3.52. The van der Waals surface area contributed by atoms with Crippen molar-refractivity contribution in [3.8, 4) is 11.5 Å². The summed E-state index contributed by atoms with van der Waals surface area (Å²) >= 11 is 0. The molecule has 12 nitrogen and oxygen atoms in total. The lowest BCUT2D eigenvalue weighted by Crippen LogP contribution is -2.57. The number of carbonyl (C=O) groups excluding carboxylic acids is 3. The Morgan fingerprint density at radius 3 is 2.14 bits per heavy atom. The van der Waals surface area contributed by atoms with Crippen LogP contribution in [-0.4, -0.2) is 75.7 Å². The second kappa shape index (κ2) is 13.8. The highest BCUT2D eigenvalue weighted by atomic mass is 32.2. The van der Waals surface area contributed by atoms with E-state index in [9.17, 15) is 22.8 Å². The summed E-state index contributed by atoms with van der Waals surface area (Å²) in [7, 11) is -3.82. The van der Waals surface area contributed by atoms with Crippen molar-refractivity contribution in [3.63, 3.8) is 0 Å². The van der Waals surface area contributed by atoms with Gasteiger partial charge in [-0.3, -0.25) is 9.59 Å². The van der Waals surface area contributed by atoms with Crippen LogP contribution in [0, 0.1) is 0 Å². The molecule has 2 aliphatic heterocycles. The molecule has 4 bridgehead atoms. The molecule has 1 fully saturated rings. The third kappa shape index (κ3) is 10.3. The Bertz CT molecular complexity index is 1420. The molecule has 0 spiro atoms. The first kappa shape index (κ1) is 32.4. The molecule has 0 aromatic heterocycles.